The number of nitrogens with zero attached hydrogens (tertiary/aromatic N) is 1. The minimum Gasteiger partial charge on any atom is -0.358 e. The Balaban J connectivity index is 2.85. The number of nitrogens with one attached hydrogen (secondary N) is 1. The van der Waals surface area contributed by atoms with Crippen molar-refractivity contribution in [2.24, 2.45) is 4.99 Å². The molecule has 0 aliphatic carbocycles. The van der Waals surface area contributed by atoms with E-state index in [1.807, 2.05) is 19.1 Å². The zero-order chi connectivity index (χ0) is 6.69. The minimum atomic E-state index is 1.06. The zero-order valence-corrected chi connectivity index (χ0v) is 5.68. The lowest BCUT2D eigenvalue weighted by atomic mass is 10.4. The standard InChI is InChI=1S/C7H10N2/c1-6-3-4-7(9-6)5-8-2/h3-5,9H,1-2H3/b8-5+. The molecule has 0 spiro atoms. The van der Waals surface area contributed by atoms with Gasteiger partial charge in [0, 0.05) is 19.0 Å². The number of aliphatic imine (C=N–C) groups is 1. The second-order valence-electron chi connectivity index (χ2n) is 1.98. The molecule has 0 unspecified atom stereocenters. The lowest BCUT2D eigenvalue weighted by Crippen LogP contribution is -1.78. The largest absolute Gasteiger partial charge is 0.358 e. The highest BCUT2D eigenvalue weighted by Gasteiger charge is 1.86. The molecule has 1 aromatic heterocycles. The summed E-state index contributed by atoms with van der Waals surface area (Å²) in [5.74, 6) is 0. The normalized spacial score (nSPS) is 10.9. The Hall–Kier alpha value is -1.05. The third-order valence-electron chi connectivity index (χ3n) is 1.12. The molecule has 0 saturated heterocycles. The van der Waals surface area contributed by atoms with Crippen LogP contribution in [0.5, 0.6) is 0 Å². The summed E-state index contributed by atoms with van der Waals surface area (Å²) in [5, 5.41) is 0. The Morgan fingerprint density at radius 3 is 2.78 bits per heavy atom. The summed E-state index contributed by atoms with van der Waals surface area (Å²) in [4.78, 5) is 6.99. The van der Waals surface area contributed by atoms with Crippen molar-refractivity contribution in [3.8, 4) is 0 Å². The van der Waals surface area contributed by atoms with Crippen molar-refractivity contribution in [3.63, 3.8) is 0 Å². The van der Waals surface area contributed by atoms with Gasteiger partial charge in [0.15, 0.2) is 0 Å². The Kier molecular flexibility index (Phi) is 1.68. The molecular formula is C7H10N2. The maximum absolute atomic E-state index is 3.86. The first-order valence-corrected chi connectivity index (χ1v) is 2.90. The van der Waals surface area contributed by atoms with E-state index in [1.54, 1.807) is 13.3 Å². The average molecular weight is 122 g/mol. The van der Waals surface area contributed by atoms with E-state index in [4.69, 9.17) is 0 Å². The smallest absolute Gasteiger partial charge is 0.0563 e. The average Bonchev–Trinajstić information content (AvgIpc) is 2.17. The van der Waals surface area contributed by atoms with Gasteiger partial charge in [0.2, 0.25) is 0 Å². The summed E-state index contributed by atoms with van der Waals surface area (Å²) < 4.78 is 0. The Labute approximate surface area is 54.6 Å². The third-order valence-corrected chi connectivity index (χ3v) is 1.12. The van der Waals surface area contributed by atoms with Gasteiger partial charge in [-0.25, -0.2) is 0 Å². The molecule has 1 heterocycles. The van der Waals surface area contributed by atoms with Crippen molar-refractivity contribution in [1.82, 2.24) is 4.98 Å². The fraction of sp³-hybridized carbons (Fsp3) is 0.286. The van der Waals surface area contributed by atoms with Crippen molar-refractivity contribution in [2.45, 2.75) is 6.92 Å². The fourth-order valence-electron chi connectivity index (χ4n) is 0.740. The van der Waals surface area contributed by atoms with Crippen molar-refractivity contribution >= 4 is 6.21 Å². The van der Waals surface area contributed by atoms with E-state index < -0.39 is 0 Å². The van der Waals surface area contributed by atoms with Gasteiger partial charge in [0.05, 0.1) is 5.69 Å². The molecule has 1 aromatic rings. The van der Waals surface area contributed by atoms with Crippen molar-refractivity contribution in [2.75, 3.05) is 7.05 Å². The van der Waals surface area contributed by atoms with Gasteiger partial charge in [-0.15, -0.1) is 0 Å². The first-order chi connectivity index (χ1) is 4.33. The highest BCUT2D eigenvalue weighted by Crippen LogP contribution is 1.95. The molecule has 0 amide bonds. The summed E-state index contributed by atoms with van der Waals surface area (Å²) in [7, 11) is 1.76. The van der Waals surface area contributed by atoms with E-state index in [2.05, 4.69) is 9.98 Å². The molecule has 2 nitrogen and oxygen atoms in total. The van der Waals surface area contributed by atoms with Crippen LogP contribution in [0.2, 0.25) is 0 Å². The minimum absolute atomic E-state index is 1.06. The monoisotopic (exact) mass is 122 g/mol. The summed E-state index contributed by atoms with van der Waals surface area (Å²) in [5.41, 5.74) is 2.24. The predicted molar refractivity (Wildman–Crippen MR) is 39.0 cm³/mol. The van der Waals surface area contributed by atoms with Gasteiger partial charge in [0.1, 0.15) is 0 Å². The molecule has 0 aliphatic heterocycles. The molecule has 9 heavy (non-hydrogen) atoms. The molecule has 0 fully saturated rings. The van der Waals surface area contributed by atoms with E-state index in [0.717, 1.165) is 5.69 Å². The molecule has 0 aromatic carbocycles. The molecule has 0 bridgehead atoms. The van der Waals surface area contributed by atoms with E-state index in [1.165, 1.54) is 5.69 Å². The van der Waals surface area contributed by atoms with Gasteiger partial charge < -0.3 is 4.98 Å². The Bertz CT molecular complexity index is 210. The number of hydrogen-bond acceptors (Lipinski definition) is 1. The zero-order valence-electron chi connectivity index (χ0n) is 5.68. The number of hydrogen-bond donors (Lipinski definition) is 1. The molecule has 1 rings (SSSR count). The number of aromatic nitrogens is 1. The van der Waals surface area contributed by atoms with Crippen LogP contribution in [-0.4, -0.2) is 18.2 Å². The van der Waals surface area contributed by atoms with Gasteiger partial charge in [0.25, 0.3) is 0 Å². The van der Waals surface area contributed by atoms with Crippen molar-refractivity contribution in [3.05, 3.63) is 23.5 Å². The molecule has 0 aliphatic rings. The molecule has 1 N–H and O–H groups in total. The fourth-order valence-corrected chi connectivity index (χ4v) is 0.740. The highest BCUT2D eigenvalue weighted by atomic mass is 14.7. The maximum Gasteiger partial charge on any atom is 0.0563 e. The summed E-state index contributed by atoms with van der Waals surface area (Å²) in [6.07, 6.45) is 1.80. The predicted octanol–water partition coefficient (Wildman–Crippen LogP) is 1.37. The molecule has 0 saturated carbocycles. The van der Waals surface area contributed by atoms with E-state index >= 15 is 0 Å². The highest BCUT2D eigenvalue weighted by molar-refractivity contribution is 5.77. The molecule has 48 valence electrons. The van der Waals surface area contributed by atoms with Crippen LogP contribution in [0.3, 0.4) is 0 Å². The quantitative estimate of drug-likeness (QED) is 0.545. The number of rotatable bonds is 1. The summed E-state index contributed by atoms with van der Waals surface area (Å²) in [6, 6.07) is 4.03. The maximum atomic E-state index is 3.86. The molecule has 0 radical (unpaired) electrons. The van der Waals surface area contributed by atoms with E-state index in [-0.39, 0.29) is 0 Å². The first-order valence-electron chi connectivity index (χ1n) is 2.90. The molecule has 2 heteroatoms. The van der Waals surface area contributed by atoms with Crippen LogP contribution in [0.4, 0.5) is 0 Å². The number of aromatic amines is 1. The molecule has 0 atom stereocenters. The van der Waals surface area contributed by atoms with Crippen molar-refractivity contribution < 1.29 is 0 Å². The lowest BCUT2D eigenvalue weighted by molar-refractivity contribution is 1.25. The van der Waals surface area contributed by atoms with E-state index in [9.17, 15) is 0 Å². The van der Waals surface area contributed by atoms with Gasteiger partial charge in [-0.2, -0.15) is 0 Å². The Morgan fingerprint density at radius 1 is 1.56 bits per heavy atom. The lowest BCUT2D eigenvalue weighted by Gasteiger charge is -1.81. The van der Waals surface area contributed by atoms with Crippen LogP contribution in [0, 0.1) is 6.92 Å². The van der Waals surface area contributed by atoms with Gasteiger partial charge >= 0.3 is 0 Å². The van der Waals surface area contributed by atoms with E-state index in [0.29, 0.717) is 0 Å². The van der Waals surface area contributed by atoms with Crippen LogP contribution in [0.25, 0.3) is 0 Å². The van der Waals surface area contributed by atoms with Crippen molar-refractivity contribution in [1.29, 1.82) is 0 Å². The summed E-state index contributed by atoms with van der Waals surface area (Å²) >= 11 is 0. The Morgan fingerprint density at radius 2 is 2.33 bits per heavy atom. The molecular weight excluding hydrogens is 112 g/mol. The van der Waals surface area contributed by atoms with Gasteiger partial charge in [-0.1, -0.05) is 0 Å². The van der Waals surface area contributed by atoms with Crippen LogP contribution in [0.15, 0.2) is 17.1 Å². The third kappa shape index (κ3) is 1.42. The second-order valence-corrected chi connectivity index (χ2v) is 1.98. The second kappa shape index (κ2) is 2.49. The summed E-state index contributed by atoms with van der Waals surface area (Å²) in [6.45, 7) is 2.02. The van der Waals surface area contributed by atoms with Gasteiger partial charge in [-0.05, 0) is 19.1 Å². The number of H-pyrrole nitrogens is 1. The topological polar surface area (TPSA) is 28.1 Å². The first kappa shape index (κ1) is 6.08. The van der Waals surface area contributed by atoms with Gasteiger partial charge in [-0.3, -0.25) is 4.99 Å². The number of aryl methyl sites for hydroxylation is 1. The van der Waals surface area contributed by atoms with Crippen LogP contribution < -0.4 is 0 Å². The van der Waals surface area contributed by atoms with Crippen LogP contribution >= 0.6 is 0 Å². The van der Waals surface area contributed by atoms with Crippen LogP contribution in [-0.2, 0) is 0 Å². The van der Waals surface area contributed by atoms with Crippen LogP contribution in [0.1, 0.15) is 11.4 Å². The SMILES string of the molecule is C/N=C/c1ccc(C)[nH]1.